The van der Waals surface area contributed by atoms with Crippen LogP contribution in [0.15, 0.2) is 32.8 Å². The van der Waals surface area contributed by atoms with Gasteiger partial charge in [0.25, 0.3) is 5.92 Å². The molecule has 1 aromatic heterocycles. The van der Waals surface area contributed by atoms with Crippen LogP contribution >= 0.6 is 0 Å². The Bertz CT molecular complexity index is 1180. The molecule has 0 atom stereocenters. The summed E-state index contributed by atoms with van der Waals surface area (Å²) in [5.74, 6) is -6.74. The van der Waals surface area contributed by atoms with E-state index in [0.717, 1.165) is 30.2 Å². The minimum absolute atomic E-state index is 0.0991. The molecule has 4 rings (SSSR count). The number of benzene rings is 1. The highest BCUT2D eigenvalue weighted by atomic mass is 19.4. The lowest BCUT2D eigenvalue weighted by Crippen LogP contribution is -2.47. The molecule has 1 aliphatic heterocycles. The maximum absolute atomic E-state index is 15.7. The van der Waals surface area contributed by atoms with Crippen molar-refractivity contribution in [3.8, 4) is 0 Å². The van der Waals surface area contributed by atoms with Crippen molar-refractivity contribution in [1.82, 2.24) is 0 Å². The molecule has 1 saturated carbocycles. The van der Waals surface area contributed by atoms with E-state index in [1.54, 1.807) is 0 Å². The van der Waals surface area contributed by atoms with Gasteiger partial charge in [-0.1, -0.05) is 0 Å². The van der Waals surface area contributed by atoms with Gasteiger partial charge in [-0.2, -0.15) is 18.3 Å². The van der Waals surface area contributed by atoms with Crippen molar-refractivity contribution in [2.24, 2.45) is 16.1 Å². The molecule has 1 aliphatic carbocycles. The largest absolute Gasteiger partial charge is 0.463 e. The molecule has 14 heteroatoms. The Labute approximate surface area is 214 Å². The minimum atomic E-state index is -4.72. The Morgan fingerprint density at radius 3 is 2.50 bits per heavy atom. The maximum atomic E-state index is 15.7. The first-order chi connectivity index (χ1) is 18.0. The summed E-state index contributed by atoms with van der Waals surface area (Å²) >= 11 is 0. The molecule has 9 nitrogen and oxygen atoms in total. The second-order valence-corrected chi connectivity index (χ2v) is 9.15. The minimum Gasteiger partial charge on any atom is -0.463 e. The first-order valence-corrected chi connectivity index (χ1v) is 12.0. The van der Waals surface area contributed by atoms with Gasteiger partial charge in [-0.25, -0.2) is 13.6 Å². The summed E-state index contributed by atoms with van der Waals surface area (Å²) in [6, 6.07) is 2.56. The number of nitrogens with zero attached hydrogens (tertiary/aromatic N) is 3. The van der Waals surface area contributed by atoms with Crippen molar-refractivity contribution in [3.05, 3.63) is 29.5 Å². The summed E-state index contributed by atoms with van der Waals surface area (Å²) < 4.78 is 93.4. The quantitative estimate of drug-likeness (QED) is 0.143. The van der Waals surface area contributed by atoms with E-state index >= 15 is 8.78 Å². The van der Waals surface area contributed by atoms with Gasteiger partial charge < -0.3 is 23.5 Å². The highest BCUT2D eigenvalue weighted by Gasteiger charge is 2.49. The summed E-state index contributed by atoms with van der Waals surface area (Å²) in [5.41, 5.74) is -1.39. The molecule has 0 unspecified atom stereocenters. The summed E-state index contributed by atoms with van der Waals surface area (Å²) in [5, 5.41) is 13.9. The smallest absolute Gasteiger partial charge is 0.416 e. The van der Waals surface area contributed by atoms with Crippen LogP contribution in [0.5, 0.6) is 0 Å². The van der Waals surface area contributed by atoms with Crippen LogP contribution in [0.2, 0.25) is 0 Å². The van der Waals surface area contributed by atoms with Crippen molar-refractivity contribution in [2.45, 2.75) is 43.6 Å². The third kappa shape index (κ3) is 5.80. The fraction of sp³-hybridized carbons (Fsp3) is 0.583. The molecular formula is C24H27F5N4O5. The zero-order valence-electron chi connectivity index (χ0n) is 20.5. The van der Waals surface area contributed by atoms with Crippen molar-refractivity contribution in [2.75, 3.05) is 44.9 Å². The molecule has 2 aliphatic rings. The highest BCUT2D eigenvalue weighted by Crippen LogP contribution is 2.46. The van der Waals surface area contributed by atoms with E-state index in [-0.39, 0.29) is 55.4 Å². The number of furan rings is 1. The molecule has 0 radical (unpaired) electrons. The summed E-state index contributed by atoms with van der Waals surface area (Å²) in [6.07, 6.45) is -3.25. The van der Waals surface area contributed by atoms with Crippen molar-refractivity contribution in [1.29, 1.82) is 5.41 Å². The molecular weight excluding hydrogens is 519 g/mol. The Morgan fingerprint density at radius 1 is 1.21 bits per heavy atom. The molecule has 0 bridgehead atoms. The first kappa shape index (κ1) is 27.9. The van der Waals surface area contributed by atoms with Gasteiger partial charge in [0.15, 0.2) is 5.79 Å². The number of ether oxygens (including phenoxy) is 3. The SMILES string of the molecule is COC(=O)c1oc2ccc(C(F)(F)F)cc2c1N(CCN=NC=N)CC(F)(F)C1CCC2(CC1)OCCO2. The molecule has 1 aromatic carbocycles. The highest BCUT2D eigenvalue weighted by molar-refractivity contribution is 6.04. The lowest BCUT2D eigenvalue weighted by atomic mass is 9.81. The third-order valence-corrected chi connectivity index (χ3v) is 6.85. The van der Waals surface area contributed by atoms with Gasteiger partial charge in [0.05, 0.1) is 44.7 Å². The number of alkyl halides is 5. The Balaban J connectivity index is 1.71. The predicted molar refractivity (Wildman–Crippen MR) is 125 cm³/mol. The number of fused-ring (bicyclic) bond motifs is 1. The molecule has 208 valence electrons. The van der Waals surface area contributed by atoms with Crippen LogP contribution in [0.1, 0.15) is 41.8 Å². The van der Waals surface area contributed by atoms with E-state index in [4.69, 9.17) is 24.0 Å². The molecule has 2 fully saturated rings. The number of azo groups is 1. The number of esters is 1. The molecule has 1 N–H and O–H groups in total. The monoisotopic (exact) mass is 546 g/mol. The summed E-state index contributed by atoms with van der Waals surface area (Å²) in [4.78, 5) is 13.6. The van der Waals surface area contributed by atoms with Crippen LogP contribution in [0.3, 0.4) is 0 Å². The van der Waals surface area contributed by atoms with Crippen molar-refractivity contribution < 1.29 is 45.4 Å². The zero-order valence-corrected chi connectivity index (χ0v) is 20.5. The number of carbonyl (C=O) groups is 1. The topological polar surface area (TPSA) is 110 Å². The van der Waals surface area contributed by atoms with E-state index in [9.17, 15) is 18.0 Å². The number of methoxy groups -OCH3 is 1. The van der Waals surface area contributed by atoms with Crippen LogP contribution in [0, 0.1) is 11.3 Å². The zero-order chi connectivity index (χ0) is 27.6. The fourth-order valence-electron chi connectivity index (χ4n) is 4.99. The fourth-order valence-corrected chi connectivity index (χ4v) is 4.99. The standard InChI is InChI=1S/C24H27F5N4O5/c1-35-21(34)20-19(17-12-16(24(27,28)29)2-3-18(17)38-20)33(9-8-31-32-14-30)13-23(25,26)15-4-6-22(7-5-15)36-10-11-37-22/h2-3,12,14-15,30H,4-11,13H2,1H3. The lowest BCUT2D eigenvalue weighted by molar-refractivity contribution is -0.197. The van der Waals surface area contributed by atoms with Gasteiger partial charge in [-0.3, -0.25) is 5.41 Å². The number of carbonyl (C=O) groups excluding carboxylic acids is 1. The molecule has 1 saturated heterocycles. The van der Waals surface area contributed by atoms with Gasteiger partial charge in [0.1, 0.15) is 11.9 Å². The van der Waals surface area contributed by atoms with Gasteiger partial charge in [0.2, 0.25) is 5.76 Å². The van der Waals surface area contributed by atoms with E-state index in [1.165, 1.54) is 0 Å². The van der Waals surface area contributed by atoms with E-state index in [0.29, 0.717) is 19.6 Å². The molecule has 2 aromatic rings. The number of hydrogen-bond acceptors (Lipinski definition) is 8. The Hall–Kier alpha value is -3.13. The van der Waals surface area contributed by atoms with Crippen LogP contribution in [0.25, 0.3) is 11.0 Å². The first-order valence-electron chi connectivity index (χ1n) is 12.0. The second kappa shape index (κ2) is 10.9. The van der Waals surface area contributed by atoms with Crippen LogP contribution < -0.4 is 4.90 Å². The average molecular weight is 546 g/mol. The number of hydrogen-bond donors (Lipinski definition) is 1. The number of rotatable bonds is 9. The number of nitrogens with one attached hydrogen (secondary N) is 1. The van der Waals surface area contributed by atoms with Crippen molar-refractivity contribution >= 4 is 29.0 Å². The summed E-state index contributed by atoms with van der Waals surface area (Å²) in [7, 11) is 1.04. The van der Waals surface area contributed by atoms with Gasteiger partial charge >= 0.3 is 12.1 Å². The molecule has 0 amide bonds. The van der Waals surface area contributed by atoms with Gasteiger partial charge in [0, 0.05) is 30.7 Å². The maximum Gasteiger partial charge on any atom is 0.416 e. The van der Waals surface area contributed by atoms with Crippen molar-refractivity contribution in [3.63, 3.8) is 0 Å². The van der Waals surface area contributed by atoms with E-state index < -0.39 is 47.6 Å². The van der Waals surface area contributed by atoms with Crippen LogP contribution in [-0.2, 0) is 20.4 Å². The Morgan fingerprint density at radius 2 is 1.89 bits per heavy atom. The van der Waals surface area contributed by atoms with Gasteiger partial charge in [-0.15, -0.1) is 5.11 Å². The molecule has 38 heavy (non-hydrogen) atoms. The third-order valence-electron chi connectivity index (χ3n) is 6.85. The predicted octanol–water partition coefficient (Wildman–Crippen LogP) is 5.67. The number of anilines is 1. The molecule has 2 heterocycles. The summed E-state index contributed by atoms with van der Waals surface area (Å²) in [6.45, 7) is -0.537. The molecule has 1 spiro atoms. The van der Waals surface area contributed by atoms with E-state index in [2.05, 4.69) is 10.2 Å². The Kier molecular flexibility index (Phi) is 8.02. The van der Waals surface area contributed by atoms with Crippen LogP contribution in [-0.4, -0.2) is 64.0 Å². The second-order valence-electron chi connectivity index (χ2n) is 9.15. The average Bonchev–Trinajstić information content (AvgIpc) is 3.49. The number of halogens is 5. The normalized spacial score (nSPS) is 18.5. The lowest BCUT2D eigenvalue weighted by Gasteiger charge is -2.40. The van der Waals surface area contributed by atoms with Crippen LogP contribution in [0.4, 0.5) is 27.6 Å². The van der Waals surface area contributed by atoms with Gasteiger partial charge in [-0.05, 0) is 31.0 Å². The van der Waals surface area contributed by atoms with E-state index in [1.807, 2.05) is 0 Å².